The Morgan fingerprint density at radius 2 is 2.10 bits per heavy atom. The first-order chi connectivity index (χ1) is 9.99. The molecule has 114 valence electrons. The third-order valence-electron chi connectivity index (χ3n) is 4.04. The zero-order valence-electron chi connectivity index (χ0n) is 12.8. The summed E-state index contributed by atoms with van der Waals surface area (Å²) in [4.78, 5) is 25.3. The van der Waals surface area contributed by atoms with E-state index in [1.165, 1.54) is 6.92 Å². The Morgan fingerprint density at radius 1 is 1.38 bits per heavy atom. The normalized spacial score (nSPS) is 21.1. The number of benzene rings is 1. The van der Waals surface area contributed by atoms with Gasteiger partial charge in [-0.15, -0.1) is 0 Å². The highest BCUT2D eigenvalue weighted by molar-refractivity contribution is 5.96. The molecule has 2 atom stereocenters. The molecule has 0 bridgehead atoms. The van der Waals surface area contributed by atoms with E-state index in [9.17, 15) is 9.59 Å². The minimum atomic E-state index is -0.136. The third-order valence-corrected chi connectivity index (χ3v) is 4.04. The maximum absolute atomic E-state index is 12.3. The Hall–Kier alpha value is -1.88. The fraction of sp³-hybridized carbons (Fsp3) is 0.500. The van der Waals surface area contributed by atoms with E-state index >= 15 is 0 Å². The Kier molecular flexibility index (Phi) is 4.96. The van der Waals surface area contributed by atoms with Crippen molar-refractivity contribution in [2.24, 2.45) is 5.92 Å². The Bertz CT molecular complexity index is 530. The van der Waals surface area contributed by atoms with Gasteiger partial charge in [0, 0.05) is 26.2 Å². The fourth-order valence-corrected chi connectivity index (χ4v) is 2.54. The van der Waals surface area contributed by atoms with Crippen LogP contribution in [-0.4, -0.2) is 36.3 Å². The molecule has 0 saturated carbocycles. The average Bonchev–Trinajstić information content (AvgIpc) is 2.87. The van der Waals surface area contributed by atoms with Crippen LogP contribution in [0.1, 0.15) is 25.8 Å². The molecular weight excluding hydrogens is 266 g/mol. The van der Waals surface area contributed by atoms with Gasteiger partial charge in [-0.1, -0.05) is 25.1 Å². The molecule has 0 spiro atoms. The topological polar surface area (TPSA) is 61.4 Å². The number of carbonyl (C=O) groups excluding carboxylic acids is 2. The molecule has 1 heterocycles. The summed E-state index contributed by atoms with van der Waals surface area (Å²) in [6.07, 6.45) is 1.02. The van der Waals surface area contributed by atoms with Crippen molar-refractivity contribution >= 4 is 17.5 Å². The van der Waals surface area contributed by atoms with E-state index in [1.807, 2.05) is 24.3 Å². The van der Waals surface area contributed by atoms with E-state index in [-0.39, 0.29) is 17.9 Å². The predicted octanol–water partition coefficient (Wildman–Crippen LogP) is 1.60. The van der Waals surface area contributed by atoms with Crippen LogP contribution in [0.25, 0.3) is 0 Å². The van der Waals surface area contributed by atoms with Gasteiger partial charge < -0.3 is 15.5 Å². The number of anilines is 1. The third kappa shape index (κ3) is 3.82. The summed E-state index contributed by atoms with van der Waals surface area (Å²) in [5.41, 5.74) is 1.71. The number of hydrogen-bond acceptors (Lipinski definition) is 3. The van der Waals surface area contributed by atoms with Gasteiger partial charge in [-0.3, -0.25) is 9.59 Å². The number of nitrogens with one attached hydrogen (secondary N) is 2. The molecule has 0 radical (unpaired) electrons. The highest BCUT2D eigenvalue weighted by Gasteiger charge is 2.29. The lowest BCUT2D eigenvalue weighted by Gasteiger charge is -2.20. The highest BCUT2D eigenvalue weighted by atomic mass is 16.2. The summed E-state index contributed by atoms with van der Waals surface area (Å²) in [7, 11) is 1.75. The Balaban J connectivity index is 2.09. The lowest BCUT2D eigenvalue weighted by atomic mass is 10.0. The van der Waals surface area contributed by atoms with E-state index in [4.69, 9.17) is 0 Å². The minimum absolute atomic E-state index is 0.00192. The average molecular weight is 289 g/mol. The van der Waals surface area contributed by atoms with Crippen LogP contribution in [0.2, 0.25) is 0 Å². The van der Waals surface area contributed by atoms with Crippen molar-refractivity contribution in [3.8, 4) is 0 Å². The van der Waals surface area contributed by atoms with Crippen LogP contribution in [0.15, 0.2) is 24.3 Å². The molecule has 1 aromatic rings. The molecule has 2 rings (SSSR count). The first-order valence-corrected chi connectivity index (χ1v) is 7.33. The summed E-state index contributed by atoms with van der Waals surface area (Å²) in [5.74, 6) is 0.345. The maximum Gasteiger partial charge on any atom is 0.241 e. The molecular formula is C16H23N3O2. The van der Waals surface area contributed by atoms with Gasteiger partial charge in [0.25, 0.3) is 0 Å². The second-order valence-corrected chi connectivity index (χ2v) is 5.72. The smallest absolute Gasteiger partial charge is 0.241 e. The number of hydrogen-bond donors (Lipinski definition) is 2. The van der Waals surface area contributed by atoms with Gasteiger partial charge >= 0.3 is 0 Å². The van der Waals surface area contributed by atoms with Crippen LogP contribution < -0.4 is 10.6 Å². The van der Waals surface area contributed by atoms with Crippen LogP contribution >= 0.6 is 0 Å². The Morgan fingerprint density at radius 3 is 2.71 bits per heavy atom. The van der Waals surface area contributed by atoms with Crippen molar-refractivity contribution in [3.05, 3.63) is 29.8 Å². The molecule has 1 fully saturated rings. The van der Waals surface area contributed by atoms with Crippen LogP contribution in [0, 0.1) is 5.92 Å². The SMILES string of the molecule is CC(=O)N(C)Cc1ccccc1NC(=O)C1NCCC1C. The molecule has 5 heteroatoms. The predicted molar refractivity (Wildman–Crippen MR) is 82.8 cm³/mol. The molecule has 2 unspecified atom stereocenters. The first kappa shape index (κ1) is 15.5. The zero-order chi connectivity index (χ0) is 15.4. The molecule has 21 heavy (non-hydrogen) atoms. The quantitative estimate of drug-likeness (QED) is 0.885. The molecule has 1 aliphatic heterocycles. The summed E-state index contributed by atoms with van der Waals surface area (Å²) < 4.78 is 0. The second-order valence-electron chi connectivity index (χ2n) is 5.72. The molecule has 1 saturated heterocycles. The molecule has 2 N–H and O–H groups in total. The lowest BCUT2D eigenvalue weighted by molar-refractivity contribution is -0.128. The van der Waals surface area contributed by atoms with Crippen LogP contribution in [0.4, 0.5) is 5.69 Å². The number of amides is 2. The largest absolute Gasteiger partial charge is 0.342 e. The lowest BCUT2D eigenvalue weighted by Crippen LogP contribution is -2.39. The molecule has 0 aliphatic carbocycles. The van der Waals surface area contributed by atoms with E-state index in [0.29, 0.717) is 12.5 Å². The molecule has 1 aromatic carbocycles. The first-order valence-electron chi connectivity index (χ1n) is 7.33. The molecule has 5 nitrogen and oxygen atoms in total. The number of rotatable bonds is 4. The standard InChI is InChI=1S/C16H23N3O2/c1-11-8-9-17-15(11)16(21)18-14-7-5-4-6-13(14)10-19(3)12(2)20/h4-7,11,15,17H,8-10H2,1-3H3,(H,18,21). The van der Waals surface area contributed by atoms with Crippen molar-refractivity contribution < 1.29 is 9.59 Å². The number of nitrogens with zero attached hydrogens (tertiary/aromatic N) is 1. The number of para-hydroxylation sites is 1. The summed E-state index contributed by atoms with van der Waals surface area (Å²) in [6.45, 7) is 4.98. The van der Waals surface area contributed by atoms with Crippen molar-refractivity contribution in [2.75, 3.05) is 18.9 Å². The van der Waals surface area contributed by atoms with Gasteiger partial charge in [0.1, 0.15) is 0 Å². The monoisotopic (exact) mass is 289 g/mol. The van der Waals surface area contributed by atoms with Crippen molar-refractivity contribution in [1.82, 2.24) is 10.2 Å². The van der Waals surface area contributed by atoms with E-state index in [1.54, 1.807) is 11.9 Å². The minimum Gasteiger partial charge on any atom is -0.342 e. The van der Waals surface area contributed by atoms with Crippen molar-refractivity contribution in [1.29, 1.82) is 0 Å². The van der Waals surface area contributed by atoms with Gasteiger partial charge in [-0.25, -0.2) is 0 Å². The van der Waals surface area contributed by atoms with Gasteiger partial charge in [0.2, 0.25) is 11.8 Å². The Labute approximate surface area is 125 Å². The summed E-state index contributed by atoms with van der Waals surface area (Å²) in [5, 5.41) is 6.22. The van der Waals surface area contributed by atoms with Gasteiger partial charge in [0.15, 0.2) is 0 Å². The van der Waals surface area contributed by atoms with Crippen LogP contribution in [0.5, 0.6) is 0 Å². The zero-order valence-corrected chi connectivity index (χ0v) is 12.8. The van der Waals surface area contributed by atoms with Gasteiger partial charge in [-0.05, 0) is 30.5 Å². The van der Waals surface area contributed by atoms with Crippen LogP contribution in [0.3, 0.4) is 0 Å². The highest BCUT2D eigenvalue weighted by Crippen LogP contribution is 2.20. The van der Waals surface area contributed by atoms with Crippen LogP contribution in [-0.2, 0) is 16.1 Å². The van der Waals surface area contributed by atoms with Gasteiger partial charge in [-0.2, -0.15) is 0 Å². The summed E-state index contributed by atoms with van der Waals surface area (Å²) in [6, 6.07) is 7.47. The van der Waals surface area contributed by atoms with E-state index in [0.717, 1.165) is 24.2 Å². The fourth-order valence-electron chi connectivity index (χ4n) is 2.54. The van der Waals surface area contributed by atoms with Crippen molar-refractivity contribution in [2.45, 2.75) is 32.9 Å². The number of carbonyl (C=O) groups is 2. The van der Waals surface area contributed by atoms with E-state index in [2.05, 4.69) is 17.6 Å². The van der Waals surface area contributed by atoms with Gasteiger partial charge in [0.05, 0.1) is 6.04 Å². The summed E-state index contributed by atoms with van der Waals surface area (Å²) >= 11 is 0. The second kappa shape index (κ2) is 6.72. The van der Waals surface area contributed by atoms with Crippen molar-refractivity contribution in [3.63, 3.8) is 0 Å². The molecule has 2 amide bonds. The maximum atomic E-state index is 12.3. The van der Waals surface area contributed by atoms with E-state index < -0.39 is 0 Å². The molecule has 0 aromatic heterocycles. The molecule has 1 aliphatic rings.